The third kappa shape index (κ3) is 4.58. The lowest BCUT2D eigenvalue weighted by Gasteiger charge is -2.17. The van der Waals surface area contributed by atoms with Crippen molar-refractivity contribution in [2.75, 3.05) is 7.11 Å². The van der Waals surface area contributed by atoms with Gasteiger partial charge in [0.25, 0.3) is 0 Å². The zero-order valence-electron chi connectivity index (χ0n) is 11.6. The zero-order chi connectivity index (χ0) is 15.2. The first kappa shape index (κ1) is 16.0. The summed E-state index contributed by atoms with van der Waals surface area (Å²) >= 11 is 12.2. The number of nitrogens with one attached hydrogen (secondary N) is 1. The Morgan fingerprint density at radius 2 is 2.05 bits per heavy atom. The van der Waals surface area contributed by atoms with Crippen LogP contribution in [0.2, 0.25) is 10.0 Å². The van der Waals surface area contributed by atoms with E-state index in [-0.39, 0.29) is 6.04 Å². The Kier molecular flexibility index (Phi) is 5.82. The summed E-state index contributed by atoms with van der Waals surface area (Å²) in [4.78, 5) is 4.19. The number of ether oxygens (including phenoxy) is 1. The van der Waals surface area contributed by atoms with E-state index in [2.05, 4.69) is 10.4 Å². The second kappa shape index (κ2) is 7.61. The van der Waals surface area contributed by atoms with Crippen molar-refractivity contribution in [2.24, 2.45) is 5.84 Å². The van der Waals surface area contributed by atoms with Crippen LogP contribution in [0.25, 0.3) is 0 Å². The highest BCUT2D eigenvalue weighted by molar-refractivity contribution is 6.33. The van der Waals surface area contributed by atoms with E-state index in [1.807, 2.05) is 18.2 Å². The molecule has 2 rings (SSSR count). The number of halogens is 2. The van der Waals surface area contributed by atoms with Gasteiger partial charge in [0, 0.05) is 28.4 Å². The molecule has 0 saturated carbocycles. The fourth-order valence-electron chi connectivity index (χ4n) is 2.09. The van der Waals surface area contributed by atoms with Crippen LogP contribution in [0.5, 0.6) is 5.88 Å². The van der Waals surface area contributed by atoms with Crippen LogP contribution in [-0.4, -0.2) is 18.1 Å². The second-order valence-electron chi connectivity index (χ2n) is 4.72. The molecule has 6 heteroatoms. The summed E-state index contributed by atoms with van der Waals surface area (Å²) in [6, 6.07) is 9.26. The fourth-order valence-corrected chi connectivity index (χ4v) is 2.48. The summed E-state index contributed by atoms with van der Waals surface area (Å²) in [5.74, 6) is 6.23. The summed E-state index contributed by atoms with van der Waals surface area (Å²) in [6.45, 7) is 0. The first-order valence-corrected chi connectivity index (χ1v) is 7.27. The number of hydrazine groups is 1. The van der Waals surface area contributed by atoms with Gasteiger partial charge in [0.15, 0.2) is 0 Å². The molecule has 0 bridgehead atoms. The summed E-state index contributed by atoms with van der Waals surface area (Å²) < 4.78 is 5.04. The molecular formula is C15H17Cl2N3O. The van der Waals surface area contributed by atoms with Crippen molar-refractivity contribution in [2.45, 2.75) is 18.9 Å². The van der Waals surface area contributed by atoms with Crippen molar-refractivity contribution in [3.05, 3.63) is 57.7 Å². The van der Waals surface area contributed by atoms with Crippen molar-refractivity contribution in [1.29, 1.82) is 0 Å². The average Bonchev–Trinajstić information content (AvgIpc) is 2.51. The third-order valence-electron chi connectivity index (χ3n) is 3.20. The lowest BCUT2D eigenvalue weighted by atomic mass is 10.0. The maximum atomic E-state index is 6.18. The number of rotatable bonds is 6. The standard InChI is InChI=1S/C15H17Cl2N3O/c1-21-15-5-2-10(9-19-15)6-13(20-18)8-11-7-12(16)3-4-14(11)17/h2-5,7,9,13,20H,6,8,18H2,1H3. The predicted molar refractivity (Wildman–Crippen MR) is 85.8 cm³/mol. The third-order valence-corrected chi connectivity index (χ3v) is 3.80. The van der Waals surface area contributed by atoms with Crippen LogP contribution < -0.4 is 16.0 Å². The van der Waals surface area contributed by atoms with Crippen LogP contribution in [0.3, 0.4) is 0 Å². The van der Waals surface area contributed by atoms with Gasteiger partial charge in [0.1, 0.15) is 0 Å². The van der Waals surface area contributed by atoms with Crippen molar-refractivity contribution >= 4 is 23.2 Å². The number of methoxy groups -OCH3 is 1. The van der Waals surface area contributed by atoms with Crippen molar-refractivity contribution in [3.8, 4) is 5.88 Å². The largest absolute Gasteiger partial charge is 0.481 e. The molecule has 1 aromatic heterocycles. The van der Waals surface area contributed by atoms with Gasteiger partial charge in [-0.25, -0.2) is 4.98 Å². The van der Waals surface area contributed by atoms with Gasteiger partial charge < -0.3 is 4.74 Å². The molecule has 2 aromatic rings. The van der Waals surface area contributed by atoms with Crippen molar-refractivity contribution < 1.29 is 4.74 Å². The second-order valence-corrected chi connectivity index (χ2v) is 5.56. The minimum Gasteiger partial charge on any atom is -0.481 e. The molecule has 21 heavy (non-hydrogen) atoms. The minimum absolute atomic E-state index is 0.0381. The van der Waals surface area contributed by atoms with Gasteiger partial charge in [-0.05, 0) is 42.2 Å². The summed E-state index contributed by atoms with van der Waals surface area (Å²) in [5, 5.41) is 1.35. The normalized spacial score (nSPS) is 12.2. The molecule has 112 valence electrons. The van der Waals surface area contributed by atoms with Crippen molar-refractivity contribution in [3.63, 3.8) is 0 Å². The zero-order valence-corrected chi connectivity index (χ0v) is 13.2. The molecule has 0 spiro atoms. The van der Waals surface area contributed by atoms with E-state index in [1.54, 1.807) is 25.4 Å². The minimum atomic E-state index is 0.0381. The first-order chi connectivity index (χ1) is 10.1. The number of aromatic nitrogens is 1. The highest BCUT2D eigenvalue weighted by atomic mass is 35.5. The van der Waals surface area contributed by atoms with Gasteiger partial charge in [-0.1, -0.05) is 29.3 Å². The van der Waals surface area contributed by atoms with Crippen LogP contribution in [0.15, 0.2) is 36.5 Å². The van der Waals surface area contributed by atoms with Gasteiger partial charge in [-0.3, -0.25) is 11.3 Å². The molecule has 0 fully saturated rings. The summed E-state index contributed by atoms with van der Waals surface area (Å²) in [7, 11) is 1.59. The molecule has 0 saturated heterocycles. The maximum absolute atomic E-state index is 6.18. The lowest BCUT2D eigenvalue weighted by Crippen LogP contribution is -2.38. The fraction of sp³-hybridized carbons (Fsp3) is 0.267. The van der Waals surface area contributed by atoms with Crippen LogP contribution in [0.4, 0.5) is 0 Å². The van der Waals surface area contributed by atoms with E-state index in [4.69, 9.17) is 33.8 Å². The number of benzene rings is 1. The molecule has 1 heterocycles. The monoisotopic (exact) mass is 325 g/mol. The highest BCUT2D eigenvalue weighted by Gasteiger charge is 2.12. The molecule has 0 amide bonds. The van der Waals surface area contributed by atoms with Crippen molar-refractivity contribution in [1.82, 2.24) is 10.4 Å². The van der Waals surface area contributed by atoms with E-state index in [9.17, 15) is 0 Å². The highest BCUT2D eigenvalue weighted by Crippen LogP contribution is 2.22. The molecule has 3 N–H and O–H groups in total. The van der Waals surface area contributed by atoms with Gasteiger partial charge in [0.05, 0.1) is 7.11 Å². The SMILES string of the molecule is COc1ccc(CC(Cc2cc(Cl)ccc2Cl)NN)cn1. The van der Waals surface area contributed by atoms with E-state index in [1.165, 1.54) is 0 Å². The molecule has 1 atom stereocenters. The summed E-state index contributed by atoms with van der Waals surface area (Å²) in [5.41, 5.74) is 4.85. The Morgan fingerprint density at radius 1 is 1.24 bits per heavy atom. The Morgan fingerprint density at radius 3 is 2.67 bits per heavy atom. The van der Waals surface area contributed by atoms with Crippen LogP contribution >= 0.6 is 23.2 Å². The molecule has 0 aliphatic carbocycles. The quantitative estimate of drug-likeness (QED) is 0.633. The smallest absolute Gasteiger partial charge is 0.212 e. The molecule has 0 aliphatic heterocycles. The number of hydrogen-bond donors (Lipinski definition) is 2. The van der Waals surface area contributed by atoms with Gasteiger partial charge >= 0.3 is 0 Å². The number of nitrogens with zero attached hydrogens (tertiary/aromatic N) is 1. The van der Waals surface area contributed by atoms with Crippen LogP contribution in [0, 0.1) is 0 Å². The molecule has 0 radical (unpaired) electrons. The molecular weight excluding hydrogens is 309 g/mol. The van der Waals surface area contributed by atoms with Gasteiger partial charge in [-0.2, -0.15) is 0 Å². The summed E-state index contributed by atoms with van der Waals surface area (Å²) in [6.07, 6.45) is 3.20. The number of nitrogens with two attached hydrogens (primary N) is 1. The molecule has 0 aliphatic rings. The Labute approximate surface area is 134 Å². The van der Waals surface area contributed by atoms with Gasteiger partial charge in [0.2, 0.25) is 5.88 Å². The number of pyridine rings is 1. The van der Waals surface area contributed by atoms with Crippen LogP contribution in [0.1, 0.15) is 11.1 Å². The van der Waals surface area contributed by atoms with Gasteiger partial charge in [-0.15, -0.1) is 0 Å². The predicted octanol–water partition coefficient (Wildman–Crippen LogP) is 3.01. The molecule has 1 aromatic carbocycles. The lowest BCUT2D eigenvalue weighted by molar-refractivity contribution is 0.397. The number of hydrogen-bond acceptors (Lipinski definition) is 4. The Hall–Kier alpha value is -1.33. The van der Waals surface area contributed by atoms with Crippen LogP contribution in [-0.2, 0) is 12.8 Å². The van der Waals surface area contributed by atoms with E-state index in [0.29, 0.717) is 22.3 Å². The Balaban J connectivity index is 2.07. The first-order valence-electron chi connectivity index (χ1n) is 6.51. The maximum Gasteiger partial charge on any atom is 0.212 e. The Bertz CT molecular complexity index is 590. The average molecular weight is 326 g/mol. The molecule has 4 nitrogen and oxygen atoms in total. The van der Waals surface area contributed by atoms with E-state index >= 15 is 0 Å². The molecule has 1 unspecified atom stereocenters. The van der Waals surface area contributed by atoms with E-state index in [0.717, 1.165) is 17.5 Å². The van der Waals surface area contributed by atoms with E-state index < -0.39 is 0 Å². The topological polar surface area (TPSA) is 60.2 Å².